The van der Waals surface area contributed by atoms with E-state index in [0.717, 1.165) is 13.1 Å². The number of nitrogens with zero attached hydrogens (tertiary/aromatic N) is 1. The average molecular weight is 215 g/mol. The zero-order valence-electron chi connectivity index (χ0n) is 9.12. The van der Waals surface area contributed by atoms with E-state index < -0.39 is 0 Å². The van der Waals surface area contributed by atoms with Gasteiger partial charge in [-0.3, -0.25) is 4.79 Å². The zero-order chi connectivity index (χ0) is 10.3. The molecule has 0 aromatic heterocycles. The summed E-state index contributed by atoms with van der Waals surface area (Å²) < 4.78 is 0. The van der Waals surface area contributed by atoms with Gasteiger partial charge in [0.05, 0.1) is 18.8 Å². The number of piperazine rings is 1. The van der Waals surface area contributed by atoms with Crippen LogP contribution in [0.5, 0.6) is 0 Å². The fourth-order valence-corrected chi connectivity index (χ4v) is 3.94. The molecular weight excluding hydrogens is 196 g/mol. The number of carbonyl (C=O) groups excluding carboxylic acids is 1. The lowest BCUT2D eigenvalue weighted by Crippen LogP contribution is -3.03. The lowest BCUT2D eigenvalue weighted by Gasteiger charge is -2.44. The molecule has 0 radical (unpaired) electrons. The summed E-state index contributed by atoms with van der Waals surface area (Å²) in [5.74, 6) is 1.62. The molecule has 0 aromatic carbocycles. The van der Waals surface area contributed by atoms with Gasteiger partial charge in [-0.25, -0.2) is 0 Å². The van der Waals surface area contributed by atoms with Gasteiger partial charge in [0.1, 0.15) is 10.9 Å². The third-order valence-corrected chi connectivity index (χ3v) is 5.19. The van der Waals surface area contributed by atoms with Crippen LogP contribution in [-0.2, 0) is 4.79 Å². The van der Waals surface area contributed by atoms with E-state index in [9.17, 15) is 4.79 Å². The normalized spacial score (nSPS) is 37.9. The molecule has 0 bridgehead atoms. The molecule has 2 aliphatic heterocycles. The average Bonchev–Trinajstić information content (AvgIpc) is 2.50. The molecule has 14 heavy (non-hydrogen) atoms. The molecule has 2 rings (SSSR count). The van der Waals surface area contributed by atoms with Gasteiger partial charge in [-0.05, 0) is 6.92 Å². The van der Waals surface area contributed by atoms with Gasteiger partial charge in [0.2, 0.25) is 5.91 Å². The second-order valence-corrected chi connectivity index (χ2v) is 5.83. The molecule has 2 fully saturated rings. The molecule has 3 nitrogen and oxygen atoms in total. The SMILES string of the molecule is CC(C)[C@@]1(C)[NH2+]CCN2C(=O)CS[C@@H]21. The van der Waals surface area contributed by atoms with Gasteiger partial charge in [-0.15, -0.1) is 11.8 Å². The molecule has 80 valence electrons. The van der Waals surface area contributed by atoms with Crippen LogP contribution in [0.4, 0.5) is 0 Å². The third-order valence-electron chi connectivity index (χ3n) is 3.70. The van der Waals surface area contributed by atoms with Crippen molar-refractivity contribution in [3.05, 3.63) is 0 Å². The van der Waals surface area contributed by atoms with Crippen molar-refractivity contribution >= 4 is 17.7 Å². The zero-order valence-corrected chi connectivity index (χ0v) is 9.93. The summed E-state index contributed by atoms with van der Waals surface area (Å²) in [4.78, 5) is 13.7. The van der Waals surface area contributed by atoms with Crippen molar-refractivity contribution in [3.8, 4) is 0 Å². The first kappa shape index (κ1) is 10.3. The fraction of sp³-hybridized carbons (Fsp3) is 0.900. The van der Waals surface area contributed by atoms with Gasteiger partial charge in [-0.2, -0.15) is 0 Å². The van der Waals surface area contributed by atoms with Gasteiger partial charge < -0.3 is 10.2 Å². The lowest BCUT2D eigenvalue weighted by molar-refractivity contribution is -0.740. The van der Waals surface area contributed by atoms with Crippen LogP contribution in [0.3, 0.4) is 0 Å². The predicted molar refractivity (Wildman–Crippen MR) is 58.0 cm³/mol. The Morgan fingerprint density at radius 3 is 3.00 bits per heavy atom. The number of nitrogens with two attached hydrogens (primary N) is 1. The summed E-state index contributed by atoms with van der Waals surface area (Å²) in [6.45, 7) is 8.78. The fourth-order valence-electron chi connectivity index (χ4n) is 2.35. The van der Waals surface area contributed by atoms with Crippen LogP contribution in [-0.4, -0.2) is 40.6 Å². The van der Waals surface area contributed by atoms with Crippen molar-refractivity contribution in [1.82, 2.24) is 4.90 Å². The number of carbonyl (C=O) groups is 1. The Balaban J connectivity index is 2.24. The van der Waals surface area contributed by atoms with Crippen molar-refractivity contribution < 1.29 is 10.1 Å². The molecule has 0 saturated carbocycles. The molecule has 0 unspecified atom stereocenters. The van der Waals surface area contributed by atoms with Crippen molar-refractivity contribution in [3.63, 3.8) is 0 Å². The van der Waals surface area contributed by atoms with Crippen molar-refractivity contribution in [1.29, 1.82) is 0 Å². The molecular formula is C10H19N2OS+. The highest BCUT2D eigenvalue weighted by Crippen LogP contribution is 2.35. The van der Waals surface area contributed by atoms with Crippen LogP contribution < -0.4 is 5.32 Å². The van der Waals surface area contributed by atoms with Crippen molar-refractivity contribution in [2.45, 2.75) is 31.7 Å². The number of quaternary nitrogens is 1. The summed E-state index contributed by atoms with van der Waals surface area (Å²) in [5, 5.41) is 2.81. The molecule has 0 spiro atoms. The van der Waals surface area contributed by atoms with Gasteiger partial charge in [0.25, 0.3) is 0 Å². The minimum atomic E-state index is 0.203. The summed E-state index contributed by atoms with van der Waals surface area (Å²) in [7, 11) is 0. The Labute approximate surface area is 89.6 Å². The van der Waals surface area contributed by atoms with Crippen molar-refractivity contribution in [2.24, 2.45) is 5.92 Å². The quantitative estimate of drug-likeness (QED) is 0.662. The Bertz CT molecular complexity index is 257. The van der Waals surface area contributed by atoms with Gasteiger partial charge in [-0.1, -0.05) is 13.8 Å². The van der Waals surface area contributed by atoms with Gasteiger partial charge in [0.15, 0.2) is 0 Å². The van der Waals surface area contributed by atoms with E-state index in [1.165, 1.54) is 0 Å². The predicted octanol–water partition coefficient (Wildman–Crippen LogP) is -0.120. The van der Waals surface area contributed by atoms with Crippen LogP contribution in [0.25, 0.3) is 0 Å². The summed E-state index contributed by atoms with van der Waals surface area (Å²) in [6, 6.07) is 0. The molecule has 2 aliphatic rings. The monoisotopic (exact) mass is 215 g/mol. The summed E-state index contributed by atoms with van der Waals surface area (Å²) in [5.41, 5.74) is 0.203. The lowest BCUT2D eigenvalue weighted by atomic mass is 9.86. The Morgan fingerprint density at radius 2 is 2.36 bits per heavy atom. The van der Waals surface area contributed by atoms with E-state index in [1.807, 2.05) is 11.8 Å². The van der Waals surface area contributed by atoms with Crippen LogP contribution in [0, 0.1) is 5.92 Å². The van der Waals surface area contributed by atoms with Crippen LogP contribution in [0.1, 0.15) is 20.8 Å². The van der Waals surface area contributed by atoms with Crippen LogP contribution in [0.15, 0.2) is 0 Å². The van der Waals surface area contributed by atoms with Crippen LogP contribution in [0.2, 0.25) is 0 Å². The largest absolute Gasteiger partial charge is 0.338 e. The number of rotatable bonds is 1. The third kappa shape index (κ3) is 1.36. The molecule has 2 N–H and O–H groups in total. The number of thioether (sulfide) groups is 1. The Kier molecular flexibility index (Phi) is 2.52. The second-order valence-electron chi connectivity index (χ2n) is 4.76. The Morgan fingerprint density at radius 1 is 1.64 bits per heavy atom. The van der Waals surface area contributed by atoms with Gasteiger partial charge >= 0.3 is 0 Å². The first-order valence-electron chi connectivity index (χ1n) is 5.31. The van der Waals surface area contributed by atoms with Gasteiger partial charge in [0, 0.05) is 5.92 Å². The molecule has 1 amide bonds. The minimum absolute atomic E-state index is 0.203. The second kappa shape index (κ2) is 3.42. The highest BCUT2D eigenvalue weighted by molar-refractivity contribution is 8.01. The smallest absolute Gasteiger partial charge is 0.233 e. The van der Waals surface area contributed by atoms with E-state index in [-0.39, 0.29) is 5.54 Å². The number of hydrogen-bond acceptors (Lipinski definition) is 2. The van der Waals surface area contributed by atoms with E-state index in [4.69, 9.17) is 0 Å². The van der Waals surface area contributed by atoms with E-state index in [0.29, 0.717) is 23.0 Å². The maximum atomic E-state index is 11.6. The van der Waals surface area contributed by atoms with E-state index >= 15 is 0 Å². The number of hydrogen-bond donors (Lipinski definition) is 1. The molecule has 2 atom stereocenters. The van der Waals surface area contributed by atoms with Crippen molar-refractivity contribution in [2.75, 3.05) is 18.8 Å². The maximum Gasteiger partial charge on any atom is 0.233 e. The first-order chi connectivity index (χ1) is 6.55. The van der Waals surface area contributed by atoms with E-state index in [2.05, 4.69) is 31.0 Å². The first-order valence-corrected chi connectivity index (χ1v) is 6.36. The summed E-state index contributed by atoms with van der Waals surface area (Å²) >= 11 is 1.81. The minimum Gasteiger partial charge on any atom is -0.338 e. The standard InChI is InChI=1S/C10H18N2OS/c1-7(2)10(3)9-12(5-4-11-10)8(13)6-14-9/h7,9,11H,4-6H2,1-3H3/p+1/t9-,10-/m1/s1. The molecule has 0 aliphatic carbocycles. The van der Waals surface area contributed by atoms with E-state index in [1.54, 1.807) is 0 Å². The molecule has 2 saturated heterocycles. The topological polar surface area (TPSA) is 36.9 Å². The molecule has 2 heterocycles. The highest BCUT2D eigenvalue weighted by Gasteiger charge is 2.51. The van der Waals surface area contributed by atoms with Crippen LogP contribution >= 0.6 is 11.8 Å². The number of fused-ring (bicyclic) bond motifs is 1. The Hall–Kier alpha value is -0.220. The molecule has 4 heteroatoms. The summed E-state index contributed by atoms with van der Waals surface area (Å²) in [6.07, 6.45) is 0. The highest BCUT2D eigenvalue weighted by atomic mass is 32.2. The maximum absolute atomic E-state index is 11.6. The number of amides is 1. The molecule has 0 aromatic rings.